The van der Waals surface area contributed by atoms with Crippen LogP contribution in [-0.4, -0.2) is 23.1 Å². The fraction of sp³-hybridized carbons (Fsp3) is 0.120. The third-order valence-electron chi connectivity index (χ3n) is 4.70. The first-order chi connectivity index (χ1) is 14.7. The van der Waals surface area contributed by atoms with Crippen LogP contribution in [-0.2, 0) is 17.9 Å². The molecule has 3 aromatic rings. The molecule has 0 atom stereocenters. The van der Waals surface area contributed by atoms with Crippen molar-refractivity contribution in [2.24, 2.45) is 4.99 Å². The predicted octanol–water partition coefficient (Wildman–Crippen LogP) is 5.37. The summed E-state index contributed by atoms with van der Waals surface area (Å²) in [5.74, 6) is 0.734. The lowest BCUT2D eigenvalue weighted by Crippen LogP contribution is -2.28. The lowest BCUT2D eigenvalue weighted by atomic mass is 10.2. The van der Waals surface area contributed by atoms with Crippen molar-refractivity contribution in [3.63, 3.8) is 0 Å². The Morgan fingerprint density at radius 1 is 0.933 bits per heavy atom. The van der Waals surface area contributed by atoms with Gasteiger partial charge in [0.1, 0.15) is 5.75 Å². The lowest BCUT2D eigenvalue weighted by molar-refractivity contribution is -0.122. The van der Waals surface area contributed by atoms with E-state index in [1.807, 2.05) is 91.0 Å². The Balaban J connectivity index is 1.63. The zero-order valence-electron chi connectivity index (χ0n) is 16.7. The van der Waals surface area contributed by atoms with Crippen molar-refractivity contribution in [1.82, 2.24) is 4.90 Å². The molecule has 0 radical (unpaired) electrons. The van der Waals surface area contributed by atoms with Crippen LogP contribution in [0.2, 0.25) is 0 Å². The molecule has 0 aliphatic carbocycles. The van der Waals surface area contributed by atoms with Crippen LogP contribution in [0.4, 0.5) is 0 Å². The monoisotopic (exact) mass is 414 g/mol. The molecule has 150 valence electrons. The molecule has 1 saturated heterocycles. The number of amides is 1. The lowest BCUT2D eigenvalue weighted by Gasteiger charge is -2.15. The van der Waals surface area contributed by atoms with Gasteiger partial charge in [-0.2, -0.15) is 0 Å². The van der Waals surface area contributed by atoms with Gasteiger partial charge in [0.2, 0.25) is 0 Å². The highest BCUT2D eigenvalue weighted by atomic mass is 32.2. The zero-order chi connectivity index (χ0) is 20.8. The molecule has 1 aliphatic rings. The summed E-state index contributed by atoms with van der Waals surface area (Å²) in [6, 6.07) is 27.7. The first kappa shape index (κ1) is 20.0. The highest BCUT2D eigenvalue weighted by molar-refractivity contribution is 8.18. The molecule has 1 fully saturated rings. The number of carbonyl (C=O) groups is 1. The molecule has 5 heteroatoms. The number of nitrogens with zero attached hydrogens (tertiary/aromatic N) is 2. The molecule has 1 heterocycles. The van der Waals surface area contributed by atoms with E-state index in [9.17, 15) is 4.79 Å². The van der Waals surface area contributed by atoms with E-state index in [1.165, 1.54) is 11.8 Å². The van der Waals surface area contributed by atoms with Gasteiger partial charge in [0.15, 0.2) is 5.17 Å². The molecule has 30 heavy (non-hydrogen) atoms. The highest BCUT2D eigenvalue weighted by Crippen LogP contribution is 2.34. The van der Waals surface area contributed by atoms with Gasteiger partial charge in [0.05, 0.1) is 25.1 Å². The minimum Gasteiger partial charge on any atom is -0.497 e. The second kappa shape index (κ2) is 9.46. The van der Waals surface area contributed by atoms with Crippen molar-refractivity contribution in [3.8, 4) is 5.75 Å². The van der Waals surface area contributed by atoms with Crippen molar-refractivity contribution < 1.29 is 9.53 Å². The van der Waals surface area contributed by atoms with Crippen molar-refractivity contribution in [2.75, 3.05) is 7.11 Å². The van der Waals surface area contributed by atoms with Crippen LogP contribution in [0.15, 0.2) is 94.8 Å². The SMILES string of the molecule is COc1cccc(/C=C2\SC(=NCc3ccccc3)N(Cc3ccccc3)C2=O)c1. The van der Waals surface area contributed by atoms with E-state index in [-0.39, 0.29) is 5.91 Å². The number of thioether (sulfide) groups is 1. The fourth-order valence-corrected chi connectivity index (χ4v) is 4.13. The third-order valence-corrected chi connectivity index (χ3v) is 5.75. The van der Waals surface area contributed by atoms with Crippen LogP contribution in [0.25, 0.3) is 6.08 Å². The first-order valence-corrected chi connectivity index (χ1v) is 10.5. The average Bonchev–Trinajstić information content (AvgIpc) is 3.08. The molecule has 0 bridgehead atoms. The number of amidine groups is 1. The molecule has 0 spiro atoms. The van der Waals surface area contributed by atoms with Gasteiger partial charge in [0, 0.05) is 0 Å². The molecule has 0 aromatic heterocycles. The normalized spacial score (nSPS) is 16.4. The number of hydrogen-bond donors (Lipinski definition) is 0. The maximum atomic E-state index is 13.2. The van der Waals surface area contributed by atoms with E-state index < -0.39 is 0 Å². The number of methoxy groups -OCH3 is 1. The number of carbonyl (C=O) groups excluding carboxylic acids is 1. The summed E-state index contributed by atoms with van der Waals surface area (Å²) in [7, 11) is 1.64. The molecule has 0 unspecified atom stereocenters. The minimum absolute atomic E-state index is 0.0292. The van der Waals surface area contributed by atoms with Gasteiger partial charge in [-0.3, -0.25) is 14.7 Å². The maximum absolute atomic E-state index is 13.2. The van der Waals surface area contributed by atoms with E-state index in [1.54, 1.807) is 12.0 Å². The largest absolute Gasteiger partial charge is 0.497 e. The smallest absolute Gasteiger partial charge is 0.267 e. The number of ether oxygens (including phenoxy) is 1. The third kappa shape index (κ3) is 4.81. The van der Waals surface area contributed by atoms with Gasteiger partial charge < -0.3 is 4.74 Å². The van der Waals surface area contributed by atoms with Crippen LogP contribution in [0.5, 0.6) is 5.75 Å². The quantitative estimate of drug-likeness (QED) is 0.510. The van der Waals surface area contributed by atoms with Crippen molar-refractivity contribution in [2.45, 2.75) is 13.1 Å². The molecule has 0 N–H and O–H groups in total. The molecule has 4 rings (SSSR count). The standard InChI is InChI=1S/C25H22N2O2S/c1-29-22-14-8-13-21(15-22)16-23-24(28)27(18-20-11-6-3-7-12-20)25(30-23)26-17-19-9-4-2-5-10-19/h2-16H,17-18H2,1H3/b23-16-,26-25?. The number of benzene rings is 3. The van der Waals surface area contributed by atoms with Gasteiger partial charge in [-0.05, 0) is 46.7 Å². The van der Waals surface area contributed by atoms with Crippen LogP contribution >= 0.6 is 11.8 Å². The van der Waals surface area contributed by atoms with Crippen LogP contribution in [0.3, 0.4) is 0 Å². The Hall–Kier alpha value is -3.31. The molecule has 0 saturated carbocycles. The first-order valence-electron chi connectivity index (χ1n) is 9.71. The van der Waals surface area contributed by atoms with E-state index in [0.717, 1.165) is 27.6 Å². The molecule has 1 amide bonds. The van der Waals surface area contributed by atoms with Crippen molar-refractivity contribution >= 4 is 28.9 Å². The minimum atomic E-state index is -0.0292. The zero-order valence-corrected chi connectivity index (χ0v) is 17.5. The Morgan fingerprint density at radius 3 is 2.33 bits per heavy atom. The maximum Gasteiger partial charge on any atom is 0.267 e. The Bertz CT molecular complexity index is 1080. The van der Waals surface area contributed by atoms with Gasteiger partial charge in [0.25, 0.3) is 5.91 Å². The molecule has 3 aromatic carbocycles. The Kier molecular flexibility index (Phi) is 6.30. The second-order valence-corrected chi connectivity index (χ2v) is 7.86. The van der Waals surface area contributed by atoms with E-state index in [0.29, 0.717) is 18.0 Å². The van der Waals surface area contributed by atoms with Gasteiger partial charge in [-0.15, -0.1) is 0 Å². The average molecular weight is 415 g/mol. The number of aliphatic imine (C=N–C) groups is 1. The summed E-state index contributed by atoms with van der Waals surface area (Å²) in [6.07, 6.45) is 1.90. The number of rotatable bonds is 6. The predicted molar refractivity (Wildman–Crippen MR) is 123 cm³/mol. The van der Waals surface area contributed by atoms with Crippen LogP contribution in [0.1, 0.15) is 16.7 Å². The van der Waals surface area contributed by atoms with E-state index in [2.05, 4.69) is 0 Å². The van der Waals surface area contributed by atoms with Gasteiger partial charge >= 0.3 is 0 Å². The topological polar surface area (TPSA) is 41.9 Å². The highest BCUT2D eigenvalue weighted by Gasteiger charge is 2.33. The van der Waals surface area contributed by atoms with Crippen molar-refractivity contribution in [3.05, 3.63) is 107 Å². The van der Waals surface area contributed by atoms with Crippen LogP contribution in [0, 0.1) is 0 Å². The summed E-state index contributed by atoms with van der Waals surface area (Å²) >= 11 is 1.42. The fourth-order valence-electron chi connectivity index (χ4n) is 3.16. The summed E-state index contributed by atoms with van der Waals surface area (Å²) in [5.41, 5.74) is 3.11. The van der Waals surface area contributed by atoms with Crippen molar-refractivity contribution in [1.29, 1.82) is 0 Å². The van der Waals surface area contributed by atoms with Gasteiger partial charge in [-0.1, -0.05) is 72.8 Å². The van der Waals surface area contributed by atoms with Gasteiger partial charge in [-0.25, -0.2) is 0 Å². The molecule has 1 aliphatic heterocycles. The second-order valence-electron chi connectivity index (χ2n) is 6.85. The van der Waals surface area contributed by atoms with E-state index in [4.69, 9.17) is 9.73 Å². The van der Waals surface area contributed by atoms with E-state index >= 15 is 0 Å². The molecular weight excluding hydrogens is 392 g/mol. The summed E-state index contributed by atoms with van der Waals surface area (Å²) in [4.78, 5) is 20.4. The molecule has 4 nitrogen and oxygen atoms in total. The number of hydrogen-bond acceptors (Lipinski definition) is 4. The summed E-state index contributed by atoms with van der Waals surface area (Å²) in [6.45, 7) is 1.03. The van der Waals surface area contributed by atoms with Crippen LogP contribution < -0.4 is 4.74 Å². The Morgan fingerprint density at radius 2 is 1.63 bits per heavy atom. The summed E-state index contributed by atoms with van der Waals surface area (Å²) in [5, 5.41) is 0.724. The summed E-state index contributed by atoms with van der Waals surface area (Å²) < 4.78 is 5.30. The Labute approximate surface area is 180 Å². The molecular formula is C25H22N2O2S.